The molecule has 1 aliphatic rings. The van der Waals surface area contributed by atoms with Crippen LogP contribution < -0.4 is 0 Å². The van der Waals surface area contributed by atoms with E-state index in [1.807, 2.05) is 18.2 Å². The van der Waals surface area contributed by atoms with Gasteiger partial charge in [0.15, 0.2) is 0 Å². The molecule has 0 N–H and O–H groups in total. The Bertz CT molecular complexity index is 858. The third kappa shape index (κ3) is 1.84. The second-order valence-electron chi connectivity index (χ2n) is 5.72. The van der Waals surface area contributed by atoms with Crippen molar-refractivity contribution >= 4 is 11.0 Å². The molecule has 0 amide bonds. The summed E-state index contributed by atoms with van der Waals surface area (Å²) >= 11 is 0. The van der Waals surface area contributed by atoms with Gasteiger partial charge in [-0.15, -0.1) is 0 Å². The summed E-state index contributed by atoms with van der Waals surface area (Å²) in [5.74, 6) is 1.56. The smallest absolute Gasteiger partial charge is 0.113 e. The zero-order valence-corrected chi connectivity index (χ0v) is 11.9. The van der Waals surface area contributed by atoms with Crippen LogP contribution in [0.5, 0.6) is 0 Å². The van der Waals surface area contributed by atoms with Gasteiger partial charge in [-0.3, -0.25) is 0 Å². The Morgan fingerprint density at radius 1 is 1.14 bits per heavy atom. The zero-order valence-electron chi connectivity index (χ0n) is 11.9. The Morgan fingerprint density at radius 3 is 2.52 bits per heavy atom. The lowest BCUT2D eigenvalue weighted by Crippen LogP contribution is -2.06. The van der Waals surface area contributed by atoms with Gasteiger partial charge in [0.05, 0.1) is 22.7 Å². The first-order chi connectivity index (χ1) is 10.3. The molecule has 0 saturated carbocycles. The van der Waals surface area contributed by atoms with Crippen molar-refractivity contribution in [2.24, 2.45) is 7.05 Å². The first kappa shape index (κ1) is 12.2. The molecular weight excluding hydrogens is 258 g/mol. The number of hydrogen-bond acceptors (Lipinski definition) is 2. The lowest BCUT2D eigenvalue weighted by atomic mass is 10.1. The predicted octanol–water partition coefficient (Wildman–Crippen LogP) is 3.33. The number of benzene rings is 2. The first-order valence-electron chi connectivity index (χ1n) is 7.19. The molecule has 21 heavy (non-hydrogen) atoms. The summed E-state index contributed by atoms with van der Waals surface area (Å²) in [7, 11) is 2.07. The summed E-state index contributed by atoms with van der Waals surface area (Å²) < 4.78 is 2.17. The van der Waals surface area contributed by atoms with Crippen LogP contribution in [-0.4, -0.2) is 9.55 Å². The number of rotatable bonds is 1. The van der Waals surface area contributed by atoms with Crippen LogP contribution in [-0.2, 0) is 19.9 Å². The van der Waals surface area contributed by atoms with Gasteiger partial charge in [-0.25, -0.2) is 4.98 Å². The maximum atomic E-state index is 9.02. The molecule has 4 rings (SSSR count). The number of fused-ring (bicyclic) bond motifs is 2. The molecule has 2 aromatic carbocycles. The van der Waals surface area contributed by atoms with Crippen LogP contribution in [0.1, 0.15) is 28.4 Å². The van der Waals surface area contributed by atoms with Crippen LogP contribution in [0.15, 0.2) is 42.5 Å². The number of aryl methyl sites for hydroxylation is 1. The fraction of sp³-hybridized carbons (Fsp3) is 0.222. The van der Waals surface area contributed by atoms with Crippen molar-refractivity contribution in [2.45, 2.75) is 18.8 Å². The van der Waals surface area contributed by atoms with Crippen LogP contribution in [0.25, 0.3) is 11.0 Å². The third-order valence-electron chi connectivity index (χ3n) is 4.46. The first-order valence-corrected chi connectivity index (χ1v) is 7.19. The molecule has 0 saturated heterocycles. The fourth-order valence-electron chi connectivity index (χ4n) is 3.39. The van der Waals surface area contributed by atoms with E-state index in [1.54, 1.807) is 0 Å². The van der Waals surface area contributed by atoms with E-state index < -0.39 is 0 Å². The molecule has 1 aromatic heterocycles. The highest BCUT2D eigenvalue weighted by atomic mass is 15.1. The summed E-state index contributed by atoms with van der Waals surface area (Å²) in [6.07, 6.45) is 2.11. The largest absolute Gasteiger partial charge is 0.331 e. The fourth-order valence-corrected chi connectivity index (χ4v) is 3.39. The zero-order chi connectivity index (χ0) is 14.4. The Labute approximate surface area is 123 Å². The summed E-state index contributed by atoms with van der Waals surface area (Å²) in [6, 6.07) is 16.6. The second-order valence-corrected chi connectivity index (χ2v) is 5.72. The minimum Gasteiger partial charge on any atom is -0.331 e. The molecule has 3 heteroatoms. The number of imidazole rings is 1. The molecule has 0 atom stereocenters. The van der Waals surface area contributed by atoms with Crippen molar-refractivity contribution < 1.29 is 0 Å². The van der Waals surface area contributed by atoms with E-state index >= 15 is 0 Å². The molecule has 0 radical (unpaired) electrons. The van der Waals surface area contributed by atoms with Gasteiger partial charge in [0.1, 0.15) is 5.82 Å². The molecule has 1 aliphatic carbocycles. The quantitative estimate of drug-likeness (QED) is 0.682. The van der Waals surface area contributed by atoms with Crippen molar-refractivity contribution in [1.29, 1.82) is 5.26 Å². The Morgan fingerprint density at radius 2 is 1.86 bits per heavy atom. The van der Waals surface area contributed by atoms with Crippen molar-refractivity contribution in [3.63, 3.8) is 0 Å². The van der Waals surface area contributed by atoms with Crippen molar-refractivity contribution in [3.8, 4) is 6.07 Å². The van der Waals surface area contributed by atoms with Crippen LogP contribution in [0.2, 0.25) is 0 Å². The topological polar surface area (TPSA) is 41.6 Å². The molecule has 3 aromatic rings. The Kier molecular flexibility index (Phi) is 2.58. The number of nitriles is 1. The average Bonchev–Trinajstić information content (AvgIpc) is 3.08. The minimum atomic E-state index is 0.435. The molecule has 102 valence electrons. The van der Waals surface area contributed by atoms with Crippen LogP contribution >= 0.6 is 0 Å². The van der Waals surface area contributed by atoms with Gasteiger partial charge in [0, 0.05) is 13.0 Å². The average molecular weight is 273 g/mol. The van der Waals surface area contributed by atoms with E-state index in [1.165, 1.54) is 11.1 Å². The van der Waals surface area contributed by atoms with Gasteiger partial charge in [-0.05, 0) is 42.2 Å². The Balaban J connectivity index is 1.79. The lowest BCUT2D eigenvalue weighted by molar-refractivity contribution is 0.651. The van der Waals surface area contributed by atoms with Gasteiger partial charge in [-0.2, -0.15) is 5.26 Å². The van der Waals surface area contributed by atoms with E-state index in [2.05, 4.69) is 41.9 Å². The Hall–Kier alpha value is -2.60. The molecule has 0 spiro atoms. The predicted molar refractivity (Wildman–Crippen MR) is 82.0 cm³/mol. The standard InChI is InChI=1S/C18H15N3/c1-21-17-7-6-12(11-19)8-16(17)20-18(21)15-9-13-4-2-3-5-14(13)10-15/h2-8,15H,9-10H2,1H3. The summed E-state index contributed by atoms with van der Waals surface area (Å²) in [5.41, 5.74) is 5.56. The monoisotopic (exact) mass is 273 g/mol. The lowest BCUT2D eigenvalue weighted by Gasteiger charge is -2.09. The van der Waals surface area contributed by atoms with E-state index in [0.29, 0.717) is 11.5 Å². The van der Waals surface area contributed by atoms with E-state index in [-0.39, 0.29) is 0 Å². The van der Waals surface area contributed by atoms with Crippen LogP contribution in [0.4, 0.5) is 0 Å². The van der Waals surface area contributed by atoms with Gasteiger partial charge < -0.3 is 4.57 Å². The molecular formula is C18H15N3. The van der Waals surface area contributed by atoms with Crippen LogP contribution in [0, 0.1) is 11.3 Å². The van der Waals surface area contributed by atoms with Crippen molar-refractivity contribution in [2.75, 3.05) is 0 Å². The number of hydrogen-bond donors (Lipinski definition) is 0. The molecule has 3 nitrogen and oxygen atoms in total. The van der Waals surface area contributed by atoms with Gasteiger partial charge in [-0.1, -0.05) is 24.3 Å². The highest BCUT2D eigenvalue weighted by molar-refractivity contribution is 5.77. The third-order valence-corrected chi connectivity index (χ3v) is 4.46. The molecule has 0 unspecified atom stereocenters. The van der Waals surface area contributed by atoms with Gasteiger partial charge in [0.2, 0.25) is 0 Å². The van der Waals surface area contributed by atoms with Crippen molar-refractivity contribution in [1.82, 2.24) is 9.55 Å². The number of nitrogens with zero attached hydrogens (tertiary/aromatic N) is 3. The summed E-state index contributed by atoms with van der Waals surface area (Å²) in [6.45, 7) is 0. The molecule has 0 bridgehead atoms. The molecule has 0 fully saturated rings. The minimum absolute atomic E-state index is 0.435. The van der Waals surface area contributed by atoms with Crippen LogP contribution in [0.3, 0.4) is 0 Å². The van der Waals surface area contributed by atoms with E-state index in [4.69, 9.17) is 10.2 Å². The number of aromatic nitrogens is 2. The molecule has 1 heterocycles. The SMILES string of the molecule is Cn1c(C2Cc3ccccc3C2)nc2cc(C#N)ccc21. The molecule has 0 aliphatic heterocycles. The highest BCUT2D eigenvalue weighted by Gasteiger charge is 2.26. The van der Waals surface area contributed by atoms with E-state index in [0.717, 1.165) is 29.7 Å². The van der Waals surface area contributed by atoms with Gasteiger partial charge in [0.25, 0.3) is 0 Å². The maximum Gasteiger partial charge on any atom is 0.113 e. The van der Waals surface area contributed by atoms with Crippen molar-refractivity contribution in [3.05, 3.63) is 65.0 Å². The van der Waals surface area contributed by atoms with Gasteiger partial charge >= 0.3 is 0 Å². The summed E-state index contributed by atoms with van der Waals surface area (Å²) in [4.78, 5) is 4.80. The summed E-state index contributed by atoms with van der Waals surface area (Å²) in [5, 5.41) is 9.02. The van der Waals surface area contributed by atoms with E-state index in [9.17, 15) is 0 Å². The normalized spacial score (nSPS) is 14.3. The second kappa shape index (κ2) is 4.46. The maximum absolute atomic E-state index is 9.02. The highest BCUT2D eigenvalue weighted by Crippen LogP contribution is 2.34.